The number of aliphatic hydroxyl groups is 1. The summed E-state index contributed by atoms with van der Waals surface area (Å²) in [6.45, 7) is 4.18. The van der Waals surface area contributed by atoms with E-state index in [4.69, 9.17) is 9.84 Å². The number of hydrogen-bond acceptors (Lipinski definition) is 5. The smallest absolute Gasteiger partial charge is 0.126 e. The molecule has 1 saturated heterocycles. The normalized spacial score (nSPS) is 18.7. The maximum atomic E-state index is 9.11. The molecule has 1 aromatic carbocycles. The molecule has 2 heterocycles. The first-order chi connectivity index (χ1) is 10.3. The zero-order chi connectivity index (χ0) is 14.7. The molecule has 1 aromatic heterocycles. The number of nitrogens with one attached hydrogen (secondary N) is 1. The van der Waals surface area contributed by atoms with Crippen molar-refractivity contribution in [3.63, 3.8) is 0 Å². The molecule has 0 aliphatic carbocycles. The van der Waals surface area contributed by atoms with Crippen LogP contribution in [0.15, 0.2) is 30.3 Å². The molecule has 0 bridgehead atoms. The van der Waals surface area contributed by atoms with Gasteiger partial charge in [0.05, 0.1) is 37.3 Å². The highest BCUT2D eigenvalue weighted by Crippen LogP contribution is 2.22. The molecule has 0 saturated carbocycles. The number of nitrogens with zero attached hydrogens (tertiary/aromatic N) is 2. The second-order valence-electron chi connectivity index (χ2n) is 5.16. The largest absolute Gasteiger partial charge is 0.392 e. The molecule has 0 unspecified atom stereocenters. The minimum absolute atomic E-state index is 0.0532. The average molecular weight is 285 g/mol. The van der Waals surface area contributed by atoms with E-state index in [1.807, 2.05) is 37.3 Å². The summed E-state index contributed by atoms with van der Waals surface area (Å²) in [5, 5.41) is 12.5. The molecule has 5 nitrogen and oxygen atoms in total. The van der Waals surface area contributed by atoms with Gasteiger partial charge in [-0.25, -0.2) is 9.97 Å². The van der Waals surface area contributed by atoms with Crippen LogP contribution in [0.2, 0.25) is 0 Å². The minimum Gasteiger partial charge on any atom is -0.392 e. The van der Waals surface area contributed by atoms with E-state index in [9.17, 15) is 0 Å². The van der Waals surface area contributed by atoms with Crippen molar-refractivity contribution in [1.29, 1.82) is 0 Å². The Hall–Kier alpha value is -1.82. The van der Waals surface area contributed by atoms with Crippen molar-refractivity contribution < 1.29 is 9.84 Å². The number of aryl methyl sites for hydroxylation is 1. The van der Waals surface area contributed by atoms with Crippen LogP contribution in [0, 0.1) is 6.92 Å². The first-order valence-electron chi connectivity index (χ1n) is 7.13. The third-order valence-corrected chi connectivity index (χ3v) is 3.57. The van der Waals surface area contributed by atoms with E-state index in [0.29, 0.717) is 6.61 Å². The minimum atomic E-state index is 0.0532. The molecule has 110 valence electrons. The van der Waals surface area contributed by atoms with E-state index in [0.717, 1.165) is 41.5 Å². The van der Waals surface area contributed by atoms with Crippen LogP contribution in [0.3, 0.4) is 0 Å². The molecule has 2 aromatic rings. The Balaban J connectivity index is 1.92. The number of morpholine rings is 1. The van der Waals surface area contributed by atoms with Crippen LogP contribution in [0.1, 0.15) is 23.1 Å². The SMILES string of the molecule is Cc1nc(-c2ccc(CO)cc2)cc([C@H]2COCCN2)n1. The number of ether oxygens (including phenoxy) is 1. The first-order valence-corrected chi connectivity index (χ1v) is 7.13. The summed E-state index contributed by atoms with van der Waals surface area (Å²) >= 11 is 0. The molecule has 21 heavy (non-hydrogen) atoms. The molecule has 0 radical (unpaired) electrons. The van der Waals surface area contributed by atoms with Gasteiger partial charge in [0.25, 0.3) is 0 Å². The summed E-state index contributed by atoms with van der Waals surface area (Å²) in [7, 11) is 0. The topological polar surface area (TPSA) is 67.3 Å². The van der Waals surface area contributed by atoms with Gasteiger partial charge < -0.3 is 15.2 Å². The lowest BCUT2D eigenvalue weighted by molar-refractivity contribution is 0.0755. The van der Waals surface area contributed by atoms with Gasteiger partial charge in [-0.15, -0.1) is 0 Å². The molecule has 0 amide bonds. The van der Waals surface area contributed by atoms with Gasteiger partial charge in [-0.1, -0.05) is 24.3 Å². The van der Waals surface area contributed by atoms with Crippen molar-refractivity contribution in [3.8, 4) is 11.3 Å². The fraction of sp³-hybridized carbons (Fsp3) is 0.375. The van der Waals surface area contributed by atoms with E-state index >= 15 is 0 Å². The molecule has 1 aliphatic heterocycles. The van der Waals surface area contributed by atoms with Crippen molar-refractivity contribution in [2.45, 2.75) is 19.6 Å². The van der Waals surface area contributed by atoms with E-state index < -0.39 is 0 Å². The molecular formula is C16H19N3O2. The van der Waals surface area contributed by atoms with Gasteiger partial charge in [0.2, 0.25) is 0 Å². The van der Waals surface area contributed by atoms with Gasteiger partial charge >= 0.3 is 0 Å². The predicted molar refractivity (Wildman–Crippen MR) is 79.7 cm³/mol. The van der Waals surface area contributed by atoms with Crippen LogP contribution in [0.4, 0.5) is 0 Å². The predicted octanol–water partition coefficient (Wildman–Crippen LogP) is 1.61. The Morgan fingerprint density at radius 2 is 2.10 bits per heavy atom. The van der Waals surface area contributed by atoms with Crippen LogP contribution in [-0.2, 0) is 11.3 Å². The lowest BCUT2D eigenvalue weighted by Crippen LogP contribution is -2.35. The Morgan fingerprint density at radius 1 is 1.29 bits per heavy atom. The Morgan fingerprint density at radius 3 is 2.76 bits per heavy atom. The van der Waals surface area contributed by atoms with Crippen molar-refractivity contribution in [2.24, 2.45) is 0 Å². The lowest BCUT2D eigenvalue weighted by Gasteiger charge is -2.23. The maximum absolute atomic E-state index is 9.11. The summed E-state index contributed by atoms with van der Waals surface area (Å²) in [6.07, 6.45) is 0. The fourth-order valence-electron chi connectivity index (χ4n) is 2.45. The first kappa shape index (κ1) is 14.1. The standard InChI is InChI=1S/C16H19N3O2/c1-11-18-14(13-4-2-12(9-20)3-5-13)8-15(19-11)16-10-21-7-6-17-16/h2-5,8,16-17,20H,6-7,9-10H2,1H3/t16-/m1/s1. The third kappa shape index (κ3) is 3.26. The summed E-state index contributed by atoms with van der Waals surface area (Å²) < 4.78 is 5.50. The van der Waals surface area contributed by atoms with Crippen LogP contribution in [0.5, 0.6) is 0 Å². The van der Waals surface area contributed by atoms with Gasteiger partial charge in [0.1, 0.15) is 5.82 Å². The zero-order valence-electron chi connectivity index (χ0n) is 12.0. The summed E-state index contributed by atoms with van der Waals surface area (Å²) in [6, 6.07) is 9.90. The van der Waals surface area contributed by atoms with Crippen molar-refractivity contribution >= 4 is 0 Å². The summed E-state index contributed by atoms with van der Waals surface area (Å²) in [4.78, 5) is 9.04. The van der Waals surface area contributed by atoms with E-state index in [2.05, 4.69) is 15.3 Å². The molecule has 1 fully saturated rings. The Kier molecular flexibility index (Phi) is 4.24. The highest BCUT2D eigenvalue weighted by molar-refractivity contribution is 5.60. The van der Waals surface area contributed by atoms with Crippen molar-refractivity contribution in [1.82, 2.24) is 15.3 Å². The average Bonchev–Trinajstić information content (AvgIpc) is 2.55. The highest BCUT2D eigenvalue weighted by atomic mass is 16.5. The van der Waals surface area contributed by atoms with E-state index in [1.54, 1.807) is 0 Å². The molecule has 3 rings (SSSR count). The van der Waals surface area contributed by atoms with Gasteiger partial charge in [0.15, 0.2) is 0 Å². The number of aliphatic hydroxyl groups excluding tert-OH is 1. The Bertz CT molecular complexity index is 607. The monoisotopic (exact) mass is 285 g/mol. The lowest BCUT2D eigenvalue weighted by atomic mass is 10.1. The van der Waals surface area contributed by atoms with Crippen molar-refractivity contribution in [2.75, 3.05) is 19.8 Å². The van der Waals surface area contributed by atoms with E-state index in [-0.39, 0.29) is 12.6 Å². The molecule has 0 spiro atoms. The molecule has 1 aliphatic rings. The fourth-order valence-corrected chi connectivity index (χ4v) is 2.45. The van der Waals surface area contributed by atoms with Gasteiger partial charge in [-0.05, 0) is 18.6 Å². The van der Waals surface area contributed by atoms with Gasteiger partial charge in [-0.3, -0.25) is 0 Å². The highest BCUT2D eigenvalue weighted by Gasteiger charge is 2.18. The molecule has 1 atom stereocenters. The number of aromatic nitrogens is 2. The molecule has 2 N–H and O–H groups in total. The second kappa shape index (κ2) is 6.30. The third-order valence-electron chi connectivity index (χ3n) is 3.57. The van der Waals surface area contributed by atoms with Crippen LogP contribution in [0.25, 0.3) is 11.3 Å². The zero-order valence-corrected chi connectivity index (χ0v) is 12.0. The molecule has 5 heteroatoms. The van der Waals surface area contributed by atoms with Crippen LogP contribution >= 0.6 is 0 Å². The number of hydrogen-bond donors (Lipinski definition) is 2. The number of benzene rings is 1. The maximum Gasteiger partial charge on any atom is 0.126 e. The second-order valence-corrected chi connectivity index (χ2v) is 5.16. The van der Waals surface area contributed by atoms with Gasteiger partial charge in [-0.2, -0.15) is 0 Å². The van der Waals surface area contributed by atoms with Gasteiger partial charge in [0, 0.05) is 12.1 Å². The van der Waals surface area contributed by atoms with Crippen LogP contribution < -0.4 is 5.32 Å². The quantitative estimate of drug-likeness (QED) is 0.896. The Labute approximate surface area is 124 Å². The van der Waals surface area contributed by atoms with Crippen LogP contribution in [-0.4, -0.2) is 34.8 Å². The van der Waals surface area contributed by atoms with Crippen molar-refractivity contribution in [3.05, 3.63) is 47.4 Å². The van der Waals surface area contributed by atoms with E-state index in [1.165, 1.54) is 0 Å². The number of rotatable bonds is 3. The summed E-state index contributed by atoms with van der Waals surface area (Å²) in [5.74, 6) is 0.751. The summed E-state index contributed by atoms with van der Waals surface area (Å²) in [5.41, 5.74) is 3.78. The molecular weight excluding hydrogens is 266 g/mol.